The van der Waals surface area contributed by atoms with Crippen molar-refractivity contribution in [2.75, 3.05) is 39.5 Å². The molecule has 0 N–H and O–H groups in total. The van der Waals surface area contributed by atoms with E-state index >= 15 is 0 Å². The molecule has 1 amide bonds. The lowest BCUT2D eigenvalue weighted by Crippen LogP contribution is -2.50. The van der Waals surface area contributed by atoms with Crippen molar-refractivity contribution in [2.45, 2.75) is 32.1 Å². The first-order valence-corrected chi connectivity index (χ1v) is 9.61. The van der Waals surface area contributed by atoms with E-state index in [2.05, 4.69) is 5.10 Å². The van der Waals surface area contributed by atoms with Gasteiger partial charge >= 0.3 is 0 Å². The number of aromatic nitrogens is 2. The molecule has 1 atom stereocenters. The smallest absolute Gasteiger partial charge is 0.274 e. The van der Waals surface area contributed by atoms with E-state index in [9.17, 15) is 4.79 Å². The Bertz CT molecular complexity index is 603. The van der Waals surface area contributed by atoms with Crippen LogP contribution in [0.4, 0.5) is 0 Å². The molecule has 0 bridgehead atoms. The molecule has 0 unspecified atom stereocenters. The lowest BCUT2D eigenvalue weighted by atomic mass is 9.66. The molecule has 2 saturated heterocycles. The minimum absolute atomic E-state index is 0.0593. The third-order valence-electron chi connectivity index (χ3n) is 6.28. The molecule has 1 aromatic rings. The van der Waals surface area contributed by atoms with Gasteiger partial charge in [0, 0.05) is 45.5 Å². The van der Waals surface area contributed by atoms with Gasteiger partial charge in [-0.15, -0.1) is 0 Å². The van der Waals surface area contributed by atoms with Gasteiger partial charge in [0.05, 0.1) is 13.2 Å². The van der Waals surface area contributed by atoms with Gasteiger partial charge in [-0.05, 0) is 49.5 Å². The fourth-order valence-corrected chi connectivity index (χ4v) is 4.27. The Balaban J connectivity index is 1.35. The van der Waals surface area contributed by atoms with Gasteiger partial charge < -0.3 is 14.4 Å². The van der Waals surface area contributed by atoms with Gasteiger partial charge in [0.1, 0.15) is 5.69 Å². The Morgan fingerprint density at radius 3 is 2.80 bits per heavy atom. The highest BCUT2D eigenvalue weighted by Crippen LogP contribution is 2.45. The molecule has 3 heterocycles. The first-order chi connectivity index (χ1) is 12.2. The SMILES string of the molecule is Cn1ccc(C(=O)N2CCC3(CCOC[C@@H]3COCC3CC3)CC2)n1. The quantitative estimate of drug-likeness (QED) is 0.819. The van der Waals surface area contributed by atoms with Crippen LogP contribution in [-0.4, -0.2) is 60.1 Å². The van der Waals surface area contributed by atoms with E-state index in [1.165, 1.54) is 12.8 Å². The molecular weight excluding hydrogens is 318 g/mol. The second kappa shape index (κ2) is 7.08. The predicted molar refractivity (Wildman–Crippen MR) is 93.2 cm³/mol. The number of piperidine rings is 1. The van der Waals surface area contributed by atoms with Crippen molar-refractivity contribution in [3.8, 4) is 0 Å². The summed E-state index contributed by atoms with van der Waals surface area (Å²) in [5, 5.41) is 4.25. The number of hydrogen-bond acceptors (Lipinski definition) is 4. The van der Waals surface area contributed by atoms with Crippen molar-refractivity contribution in [3.63, 3.8) is 0 Å². The molecule has 1 saturated carbocycles. The highest BCUT2D eigenvalue weighted by Gasteiger charge is 2.44. The highest BCUT2D eigenvalue weighted by atomic mass is 16.5. The molecule has 6 nitrogen and oxygen atoms in total. The number of amides is 1. The standard InChI is InChI=1S/C19H29N3O3/c1-21-8-4-17(20-21)18(23)22-9-5-19(6-10-22)7-11-24-13-16(19)14-25-12-15-2-3-15/h4,8,15-16H,2-3,5-7,9-14H2,1H3/t16-/m1/s1. The van der Waals surface area contributed by atoms with Crippen LogP contribution < -0.4 is 0 Å². The molecular formula is C19H29N3O3. The van der Waals surface area contributed by atoms with Crippen molar-refractivity contribution in [1.82, 2.24) is 14.7 Å². The maximum absolute atomic E-state index is 12.6. The van der Waals surface area contributed by atoms with Crippen molar-refractivity contribution >= 4 is 5.91 Å². The van der Waals surface area contributed by atoms with E-state index in [1.54, 1.807) is 10.7 Å². The van der Waals surface area contributed by atoms with Crippen LogP contribution in [0.3, 0.4) is 0 Å². The molecule has 6 heteroatoms. The molecule has 1 aromatic heterocycles. The normalized spacial score (nSPS) is 26.1. The van der Waals surface area contributed by atoms with Crippen molar-refractivity contribution in [3.05, 3.63) is 18.0 Å². The number of ether oxygens (including phenoxy) is 2. The molecule has 138 valence electrons. The Morgan fingerprint density at radius 1 is 1.32 bits per heavy atom. The summed E-state index contributed by atoms with van der Waals surface area (Å²) in [6, 6.07) is 1.80. The van der Waals surface area contributed by atoms with Gasteiger partial charge in [0.2, 0.25) is 0 Å². The number of aryl methyl sites for hydroxylation is 1. The van der Waals surface area contributed by atoms with E-state index in [4.69, 9.17) is 9.47 Å². The van der Waals surface area contributed by atoms with Crippen LogP contribution in [0.1, 0.15) is 42.6 Å². The predicted octanol–water partition coefficient (Wildman–Crippen LogP) is 2.11. The molecule has 4 rings (SSSR count). The van der Waals surface area contributed by atoms with Crippen LogP contribution in [0.25, 0.3) is 0 Å². The Kier molecular flexibility index (Phi) is 4.82. The van der Waals surface area contributed by atoms with Gasteiger partial charge in [-0.3, -0.25) is 9.48 Å². The van der Waals surface area contributed by atoms with Gasteiger partial charge in [-0.25, -0.2) is 0 Å². The van der Waals surface area contributed by atoms with Crippen molar-refractivity contribution in [2.24, 2.45) is 24.3 Å². The minimum Gasteiger partial charge on any atom is -0.381 e. The number of carbonyl (C=O) groups excluding carboxylic acids is 1. The largest absolute Gasteiger partial charge is 0.381 e. The average Bonchev–Trinajstić information content (AvgIpc) is 3.35. The fraction of sp³-hybridized carbons (Fsp3) is 0.789. The van der Waals surface area contributed by atoms with E-state index in [1.807, 2.05) is 18.1 Å². The summed E-state index contributed by atoms with van der Waals surface area (Å²) in [5.41, 5.74) is 0.831. The van der Waals surface area contributed by atoms with E-state index < -0.39 is 0 Å². The molecule has 25 heavy (non-hydrogen) atoms. The first kappa shape index (κ1) is 17.0. The summed E-state index contributed by atoms with van der Waals surface area (Å²) in [5.74, 6) is 1.33. The number of likely N-dealkylation sites (tertiary alicyclic amines) is 1. The summed E-state index contributed by atoms with van der Waals surface area (Å²) in [4.78, 5) is 14.6. The van der Waals surface area contributed by atoms with Crippen molar-refractivity contribution < 1.29 is 14.3 Å². The Morgan fingerprint density at radius 2 is 2.12 bits per heavy atom. The Hall–Kier alpha value is -1.40. The summed E-state index contributed by atoms with van der Waals surface area (Å²) in [6.45, 7) is 5.00. The summed E-state index contributed by atoms with van der Waals surface area (Å²) in [7, 11) is 1.84. The zero-order valence-electron chi connectivity index (χ0n) is 15.2. The first-order valence-electron chi connectivity index (χ1n) is 9.61. The fourth-order valence-electron chi connectivity index (χ4n) is 4.27. The highest BCUT2D eigenvalue weighted by molar-refractivity contribution is 5.92. The number of rotatable bonds is 5. The van der Waals surface area contributed by atoms with E-state index in [0.29, 0.717) is 11.6 Å². The van der Waals surface area contributed by atoms with Crippen LogP contribution >= 0.6 is 0 Å². The summed E-state index contributed by atoms with van der Waals surface area (Å²) < 4.78 is 13.4. The van der Waals surface area contributed by atoms with Crippen LogP contribution in [-0.2, 0) is 16.5 Å². The maximum atomic E-state index is 12.6. The van der Waals surface area contributed by atoms with Crippen LogP contribution in [0, 0.1) is 17.3 Å². The molecule has 1 spiro atoms. The second-order valence-corrected chi connectivity index (χ2v) is 8.03. The summed E-state index contributed by atoms with van der Waals surface area (Å²) >= 11 is 0. The average molecular weight is 347 g/mol. The third-order valence-corrected chi connectivity index (χ3v) is 6.28. The Labute approximate surface area is 149 Å². The molecule has 2 aliphatic heterocycles. The van der Waals surface area contributed by atoms with E-state index in [0.717, 1.165) is 64.7 Å². The van der Waals surface area contributed by atoms with Gasteiger partial charge in [-0.1, -0.05) is 0 Å². The number of carbonyl (C=O) groups is 1. The van der Waals surface area contributed by atoms with Gasteiger partial charge in [-0.2, -0.15) is 5.10 Å². The zero-order chi connectivity index (χ0) is 17.3. The lowest BCUT2D eigenvalue weighted by Gasteiger charge is -2.48. The molecule has 0 aromatic carbocycles. The van der Waals surface area contributed by atoms with Crippen LogP contribution in [0.15, 0.2) is 12.3 Å². The topological polar surface area (TPSA) is 56.6 Å². The van der Waals surface area contributed by atoms with Crippen LogP contribution in [0.5, 0.6) is 0 Å². The zero-order valence-corrected chi connectivity index (χ0v) is 15.2. The second-order valence-electron chi connectivity index (χ2n) is 8.03. The van der Waals surface area contributed by atoms with Gasteiger partial charge in [0.25, 0.3) is 5.91 Å². The number of nitrogens with zero attached hydrogens (tertiary/aromatic N) is 3. The molecule has 1 aliphatic carbocycles. The minimum atomic E-state index is 0.0593. The molecule has 3 fully saturated rings. The molecule has 3 aliphatic rings. The van der Waals surface area contributed by atoms with Gasteiger partial charge in [0.15, 0.2) is 0 Å². The maximum Gasteiger partial charge on any atom is 0.274 e. The summed E-state index contributed by atoms with van der Waals surface area (Å²) in [6.07, 6.45) is 7.67. The third kappa shape index (κ3) is 3.75. The monoisotopic (exact) mass is 347 g/mol. The lowest BCUT2D eigenvalue weighted by molar-refractivity contribution is -0.0976. The van der Waals surface area contributed by atoms with Crippen LogP contribution in [0.2, 0.25) is 0 Å². The van der Waals surface area contributed by atoms with Crippen molar-refractivity contribution in [1.29, 1.82) is 0 Å². The number of hydrogen-bond donors (Lipinski definition) is 0. The van der Waals surface area contributed by atoms with E-state index in [-0.39, 0.29) is 11.3 Å². The molecule has 0 radical (unpaired) electrons.